The van der Waals surface area contributed by atoms with E-state index in [1.54, 1.807) is 11.1 Å². The van der Waals surface area contributed by atoms with Crippen molar-refractivity contribution in [2.24, 2.45) is 11.8 Å². The highest BCUT2D eigenvalue weighted by molar-refractivity contribution is 5.45. The van der Waals surface area contributed by atoms with Crippen LogP contribution in [0.5, 0.6) is 0 Å². The molecular weight excluding hydrogens is 132 g/mol. The van der Waals surface area contributed by atoms with E-state index >= 15 is 0 Å². The van der Waals surface area contributed by atoms with Crippen molar-refractivity contribution in [1.29, 1.82) is 0 Å². The minimum atomic E-state index is 0.975. The van der Waals surface area contributed by atoms with Gasteiger partial charge in [-0.25, -0.2) is 0 Å². The van der Waals surface area contributed by atoms with Crippen LogP contribution in [-0.2, 0) is 0 Å². The number of rotatable bonds is 0. The Bertz CT molecular complexity index is 221. The van der Waals surface area contributed by atoms with Crippen LogP contribution in [0.4, 0.5) is 0 Å². The Morgan fingerprint density at radius 1 is 1.00 bits per heavy atom. The molecule has 0 amide bonds. The molecule has 0 N–H and O–H groups in total. The Hall–Kier alpha value is -0.520. The lowest BCUT2D eigenvalue weighted by molar-refractivity contribution is 0.384. The van der Waals surface area contributed by atoms with E-state index < -0.39 is 0 Å². The van der Waals surface area contributed by atoms with Crippen molar-refractivity contribution < 1.29 is 0 Å². The normalized spacial score (nSPS) is 40.0. The van der Waals surface area contributed by atoms with Crippen LogP contribution in [0.15, 0.2) is 23.3 Å². The van der Waals surface area contributed by atoms with E-state index in [-0.39, 0.29) is 0 Å². The van der Waals surface area contributed by atoms with E-state index in [2.05, 4.69) is 12.2 Å². The molecule has 0 aliphatic heterocycles. The van der Waals surface area contributed by atoms with Gasteiger partial charge < -0.3 is 0 Å². The van der Waals surface area contributed by atoms with Crippen molar-refractivity contribution in [2.75, 3.05) is 0 Å². The monoisotopic (exact) mass is 146 g/mol. The van der Waals surface area contributed by atoms with Crippen molar-refractivity contribution in [3.63, 3.8) is 0 Å². The van der Waals surface area contributed by atoms with E-state index in [4.69, 9.17) is 0 Å². The van der Waals surface area contributed by atoms with Crippen molar-refractivity contribution in [1.82, 2.24) is 0 Å². The van der Waals surface area contributed by atoms with Crippen molar-refractivity contribution in [3.8, 4) is 0 Å². The summed E-state index contributed by atoms with van der Waals surface area (Å²) in [7, 11) is 0. The molecule has 0 unspecified atom stereocenters. The second-order valence-electron chi connectivity index (χ2n) is 4.12. The van der Waals surface area contributed by atoms with Gasteiger partial charge in [0.25, 0.3) is 0 Å². The largest absolute Gasteiger partial charge is 0.0770 e. The molecule has 0 aromatic heterocycles. The zero-order chi connectivity index (χ0) is 7.26. The van der Waals surface area contributed by atoms with Gasteiger partial charge in [-0.3, -0.25) is 0 Å². The second kappa shape index (κ2) is 2.00. The molecule has 11 heavy (non-hydrogen) atoms. The summed E-state index contributed by atoms with van der Waals surface area (Å²) >= 11 is 0. The van der Waals surface area contributed by atoms with Crippen molar-refractivity contribution >= 4 is 0 Å². The maximum Gasteiger partial charge on any atom is -0.0156 e. The molecule has 2 saturated carbocycles. The fourth-order valence-corrected chi connectivity index (χ4v) is 3.11. The number of hydrogen-bond donors (Lipinski definition) is 0. The summed E-state index contributed by atoms with van der Waals surface area (Å²) in [5.41, 5.74) is 3.49. The standard InChI is InChI=1S/C11H14/c1-3-8-7-9(4-1)11-6-2-5-10(8)11/h5-6,8-9H,1-4,7H2/t8-,9+. The Morgan fingerprint density at radius 3 is 2.27 bits per heavy atom. The summed E-state index contributed by atoms with van der Waals surface area (Å²) in [6, 6.07) is 0. The summed E-state index contributed by atoms with van der Waals surface area (Å²) < 4.78 is 0. The molecular formula is C11H14. The van der Waals surface area contributed by atoms with Gasteiger partial charge in [-0.05, 0) is 48.7 Å². The Balaban J connectivity index is 2.07. The number of fused-ring (bicyclic) bond motifs is 5. The van der Waals surface area contributed by atoms with Crippen LogP contribution in [-0.4, -0.2) is 0 Å². The zero-order valence-corrected chi connectivity index (χ0v) is 6.84. The molecule has 0 nitrogen and oxygen atoms in total. The SMILES string of the molecule is C1=C2C(=CC1)[C@H]1CCC[C@@H]2C1. The molecule has 2 fully saturated rings. The first-order chi connectivity index (χ1) is 5.45. The van der Waals surface area contributed by atoms with Crippen LogP contribution in [0, 0.1) is 11.8 Å². The molecule has 0 heterocycles. The van der Waals surface area contributed by atoms with Gasteiger partial charge in [0.05, 0.1) is 0 Å². The van der Waals surface area contributed by atoms with Crippen LogP contribution in [0.2, 0.25) is 0 Å². The number of hydrogen-bond acceptors (Lipinski definition) is 0. The lowest BCUT2D eigenvalue weighted by Gasteiger charge is -2.17. The number of allylic oxidation sites excluding steroid dienone is 4. The van der Waals surface area contributed by atoms with E-state index in [1.807, 2.05) is 0 Å². The fraction of sp³-hybridized carbons (Fsp3) is 0.636. The van der Waals surface area contributed by atoms with Crippen LogP contribution in [0.25, 0.3) is 0 Å². The van der Waals surface area contributed by atoms with E-state index in [0.29, 0.717) is 0 Å². The molecule has 0 heteroatoms. The first kappa shape index (κ1) is 6.05. The molecule has 3 aliphatic carbocycles. The lowest BCUT2D eigenvalue weighted by Crippen LogP contribution is -2.05. The Kier molecular flexibility index (Phi) is 1.10. The van der Waals surface area contributed by atoms with E-state index in [9.17, 15) is 0 Å². The third-order valence-electron chi connectivity index (χ3n) is 3.56. The Labute approximate surface area is 68.0 Å². The first-order valence-corrected chi connectivity index (χ1v) is 4.85. The summed E-state index contributed by atoms with van der Waals surface area (Å²) in [5, 5.41) is 0. The maximum absolute atomic E-state index is 2.46. The molecule has 2 bridgehead atoms. The van der Waals surface area contributed by atoms with Crippen LogP contribution in [0.1, 0.15) is 32.1 Å². The quantitative estimate of drug-likeness (QED) is 0.492. The minimum Gasteiger partial charge on any atom is -0.0770 e. The first-order valence-electron chi connectivity index (χ1n) is 4.85. The summed E-state index contributed by atoms with van der Waals surface area (Å²) in [5.74, 6) is 1.95. The third kappa shape index (κ3) is 0.702. The topological polar surface area (TPSA) is 0 Å². The molecule has 58 valence electrons. The van der Waals surface area contributed by atoms with Crippen molar-refractivity contribution in [3.05, 3.63) is 23.3 Å². The highest BCUT2D eigenvalue weighted by Gasteiger charge is 2.37. The van der Waals surface area contributed by atoms with Crippen molar-refractivity contribution in [2.45, 2.75) is 32.1 Å². The predicted molar refractivity (Wildman–Crippen MR) is 46.2 cm³/mol. The molecule has 2 atom stereocenters. The smallest absolute Gasteiger partial charge is 0.0156 e. The van der Waals surface area contributed by atoms with Crippen LogP contribution >= 0.6 is 0 Å². The second-order valence-corrected chi connectivity index (χ2v) is 4.12. The fourth-order valence-electron chi connectivity index (χ4n) is 3.11. The highest BCUT2D eigenvalue weighted by Crippen LogP contribution is 2.51. The summed E-state index contributed by atoms with van der Waals surface area (Å²) in [6.07, 6.45) is 12.1. The van der Waals surface area contributed by atoms with Gasteiger partial charge in [0.2, 0.25) is 0 Å². The molecule has 0 spiro atoms. The lowest BCUT2D eigenvalue weighted by atomic mass is 9.88. The van der Waals surface area contributed by atoms with E-state index in [1.165, 1.54) is 32.1 Å². The van der Waals surface area contributed by atoms with Gasteiger partial charge >= 0.3 is 0 Å². The van der Waals surface area contributed by atoms with Gasteiger partial charge in [-0.15, -0.1) is 0 Å². The van der Waals surface area contributed by atoms with Gasteiger partial charge in [-0.1, -0.05) is 18.6 Å². The summed E-state index contributed by atoms with van der Waals surface area (Å²) in [4.78, 5) is 0. The average molecular weight is 146 g/mol. The van der Waals surface area contributed by atoms with E-state index in [0.717, 1.165) is 11.8 Å². The summed E-state index contributed by atoms with van der Waals surface area (Å²) in [6.45, 7) is 0. The Morgan fingerprint density at radius 2 is 1.64 bits per heavy atom. The zero-order valence-electron chi connectivity index (χ0n) is 6.84. The van der Waals surface area contributed by atoms with Gasteiger partial charge in [0.15, 0.2) is 0 Å². The van der Waals surface area contributed by atoms with Gasteiger partial charge in [0, 0.05) is 0 Å². The molecule has 0 aromatic rings. The average Bonchev–Trinajstić information content (AvgIpc) is 2.58. The minimum absolute atomic E-state index is 0.975. The van der Waals surface area contributed by atoms with Gasteiger partial charge in [-0.2, -0.15) is 0 Å². The van der Waals surface area contributed by atoms with Crippen LogP contribution < -0.4 is 0 Å². The molecule has 3 aliphatic rings. The van der Waals surface area contributed by atoms with Gasteiger partial charge in [0.1, 0.15) is 0 Å². The highest BCUT2D eigenvalue weighted by atomic mass is 14.4. The molecule has 0 aromatic carbocycles. The molecule has 0 saturated heterocycles. The van der Waals surface area contributed by atoms with Crippen LogP contribution in [0.3, 0.4) is 0 Å². The maximum atomic E-state index is 2.46. The molecule has 3 rings (SSSR count). The predicted octanol–water partition coefficient (Wildman–Crippen LogP) is 3.06. The third-order valence-corrected chi connectivity index (χ3v) is 3.56. The molecule has 0 radical (unpaired) electrons.